The molecule has 0 fully saturated rings. The first-order valence-electron chi connectivity index (χ1n) is 4.75. The maximum atomic E-state index is 9.55. The summed E-state index contributed by atoms with van der Waals surface area (Å²) in [6.07, 6.45) is 2.35. The van der Waals surface area contributed by atoms with Gasteiger partial charge in [0, 0.05) is 0 Å². The first-order chi connectivity index (χ1) is 6.22. The minimum atomic E-state index is -0.230. The van der Waals surface area contributed by atoms with Crippen LogP contribution in [0, 0.1) is 0 Å². The Labute approximate surface area is 81.2 Å². The van der Waals surface area contributed by atoms with Crippen LogP contribution in [0.4, 0.5) is 0 Å². The zero-order valence-electron chi connectivity index (χ0n) is 8.03. The molecule has 1 unspecified atom stereocenters. The van der Waals surface area contributed by atoms with Crippen molar-refractivity contribution in [3.63, 3.8) is 0 Å². The summed E-state index contributed by atoms with van der Waals surface area (Å²) in [6, 6.07) is 7.69. The molecule has 0 saturated carbocycles. The van der Waals surface area contributed by atoms with Gasteiger partial charge in [-0.2, -0.15) is 0 Å². The van der Waals surface area contributed by atoms with Gasteiger partial charge in [-0.05, 0) is 18.4 Å². The van der Waals surface area contributed by atoms with E-state index in [1.54, 1.807) is 0 Å². The van der Waals surface area contributed by atoms with E-state index in [4.69, 9.17) is 7.85 Å². The van der Waals surface area contributed by atoms with Crippen LogP contribution in [0.15, 0.2) is 24.3 Å². The van der Waals surface area contributed by atoms with Crippen molar-refractivity contribution in [1.29, 1.82) is 0 Å². The molecule has 1 nitrogen and oxygen atoms in total. The average molecular weight is 174 g/mol. The summed E-state index contributed by atoms with van der Waals surface area (Å²) in [5, 5.41) is 9.55. The van der Waals surface area contributed by atoms with Crippen LogP contribution in [0.2, 0.25) is 0 Å². The number of aliphatic hydroxyl groups excluding tert-OH is 1. The molecule has 0 bridgehead atoms. The van der Waals surface area contributed by atoms with E-state index in [-0.39, 0.29) is 6.10 Å². The van der Waals surface area contributed by atoms with Crippen LogP contribution in [-0.4, -0.2) is 19.1 Å². The van der Waals surface area contributed by atoms with Gasteiger partial charge in [0.05, 0.1) is 6.10 Å². The third-order valence-electron chi connectivity index (χ3n) is 2.04. The maximum absolute atomic E-state index is 9.55. The van der Waals surface area contributed by atoms with Crippen LogP contribution in [0.3, 0.4) is 0 Å². The molecular weight excluding hydrogens is 159 g/mol. The van der Waals surface area contributed by atoms with Gasteiger partial charge in [-0.1, -0.05) is 43.1 Å². The molecule has 0 heterocycles. The summed E-state index contributed by atoms with van der Waals surface area (Å²) in [7, 11) is 5.63. The molecular formula is C11H15BO. The largest absolute Gasteiger partial charge is 0.393 e. The van der Waals surface area contributed by atoms with Gasteiger partial charge >= 0.3 is 0 Å². The monoisotopic (exact) mass is 174 g/mol. The van der Waals surface area contributed by atoms with Gasteiger partial charge in [-0.3, -0.25) is 0 Å². The second-order valence-corrected chi connectivity index (χ2v) is 3.39. The molecule has 0 amide bonds. The smallest absolute Gasteiger partial charge is 0.113 e. The Hall–Kier alpha value is -0.755. The number of hydrogen-bond acceptors (Lipinski definition) is 1. The third-order valence-corrected chi connectivity index (χ3v) is 2.04. The highest BCUT2D eigenvalue weighted by Crippen LogP contribution is 2.05. The Bertz CT molecular complexity index is 260. The minimum absolute atomic E-state index is 0.230. The lowest BCUT2D eigenvalue weighted by Crippen LogP contribution is -2.11. The van der Waals surface area contributed by atoms with Gasteiger partial charge < -0.3 is 5.11 Å². The Kier molecular flexibility index (Phi) is 4.03. The molecule has 0 aliphatic heterocycles. The van der Waals surface area contributed by atoms with Crippen molar-refractivity contribution >= 4 is 13.3 Å². The third kappa shape index (κ3) is 3.64. The average Bonchev–Trinajstić information content (AvgIpc) is 2.04. The fourth-order valence-electron chi connectivity index (χ4n) is 1.43. The molecule has 0 aliphatic rings. The predicted octanol–water partition coefficient (Wildman–Crippen LogP) is 1.18. The standard InChI is InChI=1S/C11H15BO/c1-2-4-11(13)8-9-5-3-6-10(12)7-9/h3,5-7,11,13H,2,4,8H2,1H3. The van der Waals surface area contributed by atoms with Crippen molar-refractivity contribution < 1.29 is 5.11 Å². The lowest BCUT2D eigenvalue weighted by atomic mass is 9.92. The zero-order valence-corrected chi connectivity index (χ0v) is 8.03. The first-order valence-corrected chi connectivity index (χ1v) is 4.75. The van der Waals surface area contributed by atoms with E-state index in [0.717, 1.165) is 23.9 Å². The molecule has 68 valence electrons. The molecule has 2 heteroatoms. The highest BCUT2D eigenvalue weighted by Gasteiger charge is 2.03. The van der Waals surface area contributed by atoms with Crippen molar-refractivity contribution in [2.45, 2.75) is 32.3 Å². The lowest BCUT2D eigenvalue weighted by Gasteiger charge is -2.09. The molecule has 0 saturated heterocycles. The molecule has 1 atom stereocenters. The zero-order chi connectivity index (χ0) is 9.68. The molecule has 0 aromatic heterocycles. The highest BCUT2D eigenvalue weighted by molar-refractivity contribution is 6.32. The van der Waals surface area contributed by atoms with E-state index in [0.29, 0.717) is 6.42 Å². The van der Waals surface area contributed by atoms with Crippen molar-refractivity contribution in [3.8, 4) is 0 Å². The summed E-state index contributed by atoms with van der Waals surface area (Å²) in [5.74, 6) is 0. The lowest BCUT2D eigenvalue weighted by molar-refractivity contribution is 0.164. The van der Waals surface area contributed by atoms with Gasteiger partial charge in [-0.25, -0.2) is 0 Å². The van der Waals surface area contributed by atoms with Crippen LogP contribution in [0.5, 0.6) is 0 Å². The molecule has 2 radical (unpaired) electrons. The highest BCUT2D eigenvalue weighted by atomic mass is 16.3. The van der Waals surface area contributed by atoms with Gasteiger partial charge in [0.25, 0.3) is 0 Å². The van der Waals surface area contributed by atoms with Crippen LogP contribution >= 0.6 is 0 Å². The summed E-state index contributed by atoms with van der Waals surface area (Å²) in [6.45, 7) is 2.07. The number of benzene rings is 1. The van der Waals surface area contributed by atoms with Crippen molar-refractivity contribution in [1.82, 2.24) is 0 Å². The molecule has 0 spiro atoms. The molecule has 1 aromatic carbocycles. The second-order valence-electron chi connectivity index (χ2n) is 3.39. The first kappa shape index (κ1) is 10.3. The Balaban J connectivity index is 2.53. The molecule has 0 aliphatic carbocycles. The summed E-state index contributed by atoms with van der Waals surface area (Å²) in [5.41, 5.74) is 1.88. The molecule has 1 rings (SSSR count). The molecule has 1 N–H and O–H groups in total. The number of aliphatic hydroxyl groups is 1. The molecule has 1 aromatic rings. The predicted molar refractivity (Wildman–Crippen MR) is 56.4 cm³/mol. The van der Waals surface area contributed by atoms with E-state index >= 15 is 0 Å². The van der Waals surface area contributed by atoms with Gasteiger partial charge in [0.15, 0.2) is 0 Å². The summed E-state index contributed by atoms with van der Waals surface area (Å²) in [4.78, 5) is 0. The van der Waals surface area contributed by atoms with Gasteiger partial charge in [0.1, 0.15) is 7.85 Å². The topological polar surface area (TPSA) is 20.2 Å². The molecule has 13 heavy (non-hydrogen) atoms. The van der Waals surface area contributed by atoms with E-state index in [9.17, 15) is 5.11 Å². The quantitative estimate of drug-likeness (QED) is 0.679. The fourth-order valence-corrected chi connectivity index (χ4v) is 1.43. The van der Waals surface area contributed by atoms with E-state index in [2.05, 4.69) is 6.92 Å². The minimum Gasteiger partial charge on any atom is -0.393 e. The van der Waals surface area contributed by atoms with Crippen LogP contribution in [0.25, 0.3) is 0 Å². The van der Waals surface area contributed by atoms with Crippen LogP contribution in [-0.2, 0) is 6.42 Å². The Morgan fingerprint density at radius 2 is 2.23 bits per heavy atom. The summed E-state index contributed by atoms with van der Waals surface area (Å²) < 4.78 is 0. The maximum Gasteiger partial charge on any atom is 0.113 e. The van der Waals surface area contributed by atoms with Crippen molar-refractivity contribution in [2.75, 3.05) is 0 Å². The SMILES string of the molecule is [B]c1cccc(CC(O)CCC)c1. The van der Waals surface area contributed by atoms with Crippen LogP contribution < -0.4 is 5.46 Å². The van der Waals surface area contributed by atoms with Crippen LogP contribution in [0.1, 0.15) is 25.3 Å². The van der Waals surface area contributed by atoms with E-state index < -0.39 is 0 Å². The number of hydrogen-bond donors (Lipinski definition) is 1. The van der Waals surface area contributed by atoms with E-state index in [1.807, 2.05) is 24.3 Å². The second kappa shape index (κ2) is 5.08. The number of rotatable bonds is 4. The Morgan fingerprint density at radius 3 is 2.85 bits per heavy atom. The normalized spacial score (nSPS) is 12.8. The van der Waals surface area contributed by atoms with Crippen molar-refractivity contribution in [3.05, 3.63) is 29.8 Å². The Morgan fingerprint density at radius 1 is 1.46 bits per heavy atom. The summed E-state index contributed by atoms with van der Waals surface area (Å²) >= 11 is 0. The van der Waals surface area contributed by atoms with Gasteiger partial charge in [0.2, 0.25) is 0 Å². The van der Waals surface area contributed by atoms with E-state index in [1.165, 1.54) is 0 Å². The fraction of sp³-hybridized carbons (Fsp3) is 0.455. The van der Waals surface area contributed by atoms with Crippen molar-refractivity contribution in [2.24, 2.45) is 0 Å². The van der Waals surface area contributed by atoms with Gasteiger partial charge in [-0.15, -0.1) is 0 Å².